The van der Waals surface area contributed by atoms with Crippen molar-refractivity contribution in [2.75, 3.05) is 20.2 Å². The molecule has 1 aliphatic rings. The molecule has 8 nitrogen and oxygen atoms in total. The number of ether oxygens (including phenoxy) is 2. The van der Waals surface area contributed by atoms with Crippen LogP contribution < -0.4 is 9.47 Å². The highest BCUT2D eigenvalue weighted by Crippen LogP contribution is 2.24. The highest BCUT2D eigenvalue weighted by atomic mass is 16.5. The van der Waals surface area contributed by atoms with Gasteiger partial charge in [-0.25, -0.2) is 4.98 Å². The molecule has 8 heteroatoms. The van der Waals surface area contributed by atoms with Gasteiger partial charge < -0.3 is 14.4 Å². The highest BCUT2D eigenvalue weighted by molar-refractivity contribution is 5.93. The summed E-state index contributed by atoms with van der Waals surface area (Å²) in [5.41, 5.74) is 2.03. The largest absolute Gasteiger partial charge is 0.497 e. The number of rotatable bonds is 5. The Labute approximate surface area is 156 Å². The third-order valence-corrected chi connectivity index (χ3v) is 4.43. The topological polar surface area (TPSA) is 93.2 Å². The smallest absolute Gasteiger partial charge is 0.272 e. The number of H-pyrrole nitrogens is 1. The molecule has 1 amide bonds. The molecule has 3 heterocycles. The second-order valence-electron chi connectivity index (χ2n) is 6.22. The lowest BCUT2D eigenvalue weighted by atomic mass is 10.1. The van der Waals surface area contributed by atoms with Gasteiger partial charge in [0, 0.05) is 30.9 Å². The van der Waals surface area contributed by atoms with E-state index in [2.05, 4.69) is 20.2 Å². The van der Waals surface area contributed by atoms with E-state index < -0.39 is 0 Å². The van der Waals surface area contributed by atoms with Crippen LogP contribution in [0.15, 0.2) is 48.9 Å². The van der Waals surface area contributed by atoms with Crippen LogP contribution in [0.3, 0.4) is 0 Å². The van der Waals surface area contributed by atoms with Gasteiger partial charge in [-0.15, -0.1) is 0 Å². The molecule has 27 heavy (non-hydrogen) atoms. The van der Waals surface area contributed by atoms with Gasteiger partial charge in [0.2, 0.25) is 5.88 Å². The maximum atomic E-state index is 12.8. The summed E-state index contributed by atoms with van der Waals surface area (Å²) >= 11 is 0. The van der Waals surface area contributed by atoms with Crippen LogP contribution in [0, 0.1) is 0 Å². The fraction of sp³-hybridized carbons (Fsp3) is 0.263. The first-order chi connectivity index (χ1) is 13.2. The normalized spacial score (nSPS) is 16.3. The second kappa shape index (κ2) is 7.45. The molecule has 0 radical (unpaired) electrons. The summed E-state index contributed by atoms with van der Waals surface area (Å²) in [5, 5.41) is 7.10. The lowest BCUT2D eigenvalue weighted by molar-refractivity contribution is 0.0765. The Morgan fingerprint density at radius 2 is 2.22 bits per heavy atom. The predicted octanol–water partition coefficient (Wildman–Crippen LogP) is 2.17. The molecule has 1 atom stereocenters. The van der Waals surface area contributed by atoms with E-state index in [0.717, 1.165) is 17.7 Å². The first-order valence-corrected chi connectivity index (χ1v) is 8.65. The molecule has 0 saturated carbocycles. The number of methoxy groups -OCH3 is 1. The van der Waals surface area contributed by atoms with E-state index in [4.69, 9.17) is 9.47 Å². The lowest BCUT2D eigenvalue weighted by Crippen LogP contribution is -2.31. The van der Waals surface area contributed by atoms with E-state index in [1.165, 1.54) is 0 Å². The van der Waals surface area contributed by atoms with Crippen molar-refractivity contribution >= 4 is 5.91 Å². The van der Waals surface area contributed by atoms with Crippen molar-refractivity contribution in [1.29, 1.82) is 0 Å². The van der Waals surface area contributed by atoms with Crippen LogP contribution in [-0.2, 0) is 0 Å². The number of amides is 1. The van der Waals surface area contributed by atoms with Crippen LogP contribution in [0.4, 0.5) is 0 Å². The van der Waals surface area contributed by atoms with Gasteiger partial charge in [0.15, 0.2) is 0 Å². The number of nitrogens with one attached hydrogen (secondary N) is 1. The summed E-state index contributed by atoms with van der Waals surface area (Å²) in [6.45, 7) is 1.13. The van der Waals surface area contributed by atoms with Gasteiger partial charge in [0.1, 0.15) is 17.5 Å². The number of hydrogen-bond donors (Lipinski definition) is 1. The monoisotopic (exact) mass is 365 g/mol. The minimum atomic E-state index is -0.0955. The maximum absolute atomic E-state index is 12.8. The van der Waals surface area contributed by atoms with Gasteiger partial charge in [-0.2, -0.15) is 5.10 Å². The predicted molar refractivity (Wildman–Crippen MR) is 97.5 cm³/mol. The average Bonchev–Trinajstić information content (AvgIpc) is 3.38. The molecule has 2 aromatic heterocycles. The van der Waals surface area contributed by atoms with Crippen molar-refractivity contribution in [2.45, 2.75) is 12.5 Å². The van der Waals surface area contributed by atoms with Crippen LogP contribution in [-0.4, -0.2) is 57.3 Å². The molecule has 1 aromatic carbocycles. The zero-order valence-corrected chi connectivity index (χ0v) is 14.8. The van der Waals surface area contributed by atoms with Crippen LogP contribution in [0.1, 0.15) is 16.9 Å². The Kier molecular flexibility index (Phi) is 4.69. The summed E-state index contributed by atoms with van der Waals surface area (Å²) in [5.74, 6) is 1.12. The summed E-state index contributed by atoms with van der Waals surface area (Å²) < 4.78 is 11.0. The number of aromatic nitrogens is 4. The van der Waals surface area contributed by atoms with Crippen molar-refractivity contribution < 1.29 is 14.3 Å². The van der Waals surface area contributed by atoms with E-state index >= 15 is 0 Å². The third-order valence-electron chi connectivity index (χ3n) is 4.43. The Bertz CT molecular complexity index is 928. The molecule has 1 unspecified atom stereocenters. The molecular formula is C19H19N5O3. The van der Waals surface area contributed by atoms with Crippen LogP contribution in [0.2, 0.25) is 0 Å². The summed E-state index contributed by atoms with van der Waals surface area (Å²) in [7, 11) is 1.62. The zero-order valence-electron chi connectivity index (χ0n) is 14.8. The first-order valence-electron chi connectivity index (χ1n) is 8.65. The molecular weight excluding hydrogens is 346 g/mol. The Morgan fingerprint density at radius 1 is 1.30 bits per heavy atom. The average molecular weight is 365 g/mol. The highest BCUT2D eigenvalue weighted by Gasteiger charge is 2.29. The van der Waals surface area contributed by atoms with E-state index in [1.807, 2.05) is 24.3 Å². The summed E-state index contributed by atoms with van der Waals surface area (Å²) in [6.07, 6.45) is 5.40. The second-order valence-corrected chi connectivity index (χ2v) is 6.22. The molecule has 138 valence electrons. The minimum absolute atomic E-state index is 0.0913. The molecule has 0 bridgehead atoms. The van der Waals surface area contributed by atoms with E-state index in [9.17, 15) is 4.79 Å². The molecule has 4 rings (SSSR count). The van der Waals surface area contributed by atoms with Crippen LogP contribution in [0.5, 0.6) is 11.6 Å². The van der Waals surface area contributed by atoms with Crippen molar-refractivity contribution in [1.82, 2.24) is 25.1 Å². The number of hydrogen-bond acceptors (Lipinski definition) is 6. The van der Waals surface area contributed by atoms with Gasteiger partial charge in [0.25, 0.3) is 5.91 Å². The minimum Gasteiger partial charge on any atom is -0.497 e. The molecule has 0 spiro atoms. The molecule has 1 saturated heterocycles. The van der Waals surface area contributed by atoms with E-state index in [0.29, 0.717) is 30.4 Å². The van der Waals surface area contributed by atoms with E-state index in [1.54, 1.807) is 36.7 Å². The summed E-state index contributed by atoms with van der Waals surface area (Å²) in [4.78, 5) is 22.6. The van der Waals surface area contributed by atoms with Crippen molar-refractivity contribution in [2.24, 2.45) is 0 Å². The number of carbonyl (C=O) groups excluding carboxylic acids is 1. The molecule has 0 aliphatic carbocycles. The number of nitrogens with zero attached hydrogens (tertiary/aromatic N) is 4. The standard InChI is InChI=1S/C19H19N5O3/c1-26-14-4-2-3-13(9-14)16-10-17(23-22-16)19(25)24-8-5-15(12-24)27-18-11-20-6-7-21-18/h2-4,6-7,9-11,15H,5,8,12H2,1H3,(H,22,23). The van der Waals surface area contributed by atoms with Gasteiger partial charge in [-0.3, -0.25) is 14.9 Å². The van der Waals surface area contributed by atoms with E-state index in [-0.39, 0.29) is 12.0 Å². The summed E-state index contributed by atoms with van der Waals surface area (Å²) in [6, 6.07) is 9.31. The fourth-order valence-corrected chi connectivity index (χ4v) is 3.06. The Balaban J connectivity index is 1.42. The van der Waals surface area contributed by atoms with Crippen molar-refractivity contribution in [3.05, 3.63) is 54.6 Å². The lowest BCUT2D eigenvalue weighted by Gasteiger charge is -2.15. The Morgan fingerprint density at radius 3 is 3.04 bits per heavy atom. The van der Waals surface area contributed by atoms with Crippen LogP contribution >= 0.6 is 0 Å². The Hall–Kier alpha value is -3.42. The molecule has 1 N–H and O–H groups in total. The van der Waals surface area contributed by atoms with Crippen molar-refractivity contribution in [3.8, 4) is 22.9 Å². The van der Waals surface area contributed by atoms with Crippen molar-refractivity contribution in [3.63, 3.8) is 0 Å². The third kappa shape index (κ3) is 3.74. The van der Waals surface area contributed by atoms with Gasteiger partial charge >= 0.3 is 0 Å². The number of aromatic amines is 1. The first kappa shape index (κ1) is 17.0. The quantitative estimate of drug-likeness (QED) is 0.745. The number of carbonyl (C=O) groups is 1. The van der Waals surface area contributed by atoms with Gasteiger partial charge in [0.05, 0.1) is 25.5 Å². The van der Waals surface area contributed by atoms with Gasteiger partial charge in [-0.1, -0.05) is 12.1 Å². The fourth-order valence-electron chi connectivity index (χ4n) is 3.06. The van der Waals surface area contributed by atoms with Crippen LogP contribution in [0.25, 0.3) is 11.3 Å². The number of likely N-dealkylation sites (tertiary alicyclic amines) is 1. The molecule has 1 fully saturated rings. The maximum Gasteiger partial charge on any atom is 0.272 e. The molecule has 1 aliphatic heterocycles. The number of benzene rings is 1. The SMILES string of the molecule is COc1cccc(-c2cc(C(=O)N3CCC(Oc4cnccn4)C3)[nH]n2)c1. The molecule has 3 aromatic rings. The zero-order chi connectivity index (χ0) is 18.6. The van der Waals surface area contributed by atoms with Gasteiger partial charge in [-0.05, 0) is 18.2 Å².